The van der Waals surface area contributed by atoms with Crippen molar-refractivity contribution in [3.8, 4) is 130 Å². The predicted molar refractivity (Wildman–Crippen MR) is 539 cm³/mol. The minimum atomic E-state index is -0.0682. The van der Waals surface area contributed by atoms with E-state index in [2.05, 4.69) is 464 Å². The van der Waals surface area contributed by atoms with Crippen LogP contribution in [0, 0.1) is 0 Å². The van der Waals surface area contributed by atoms with Gasteiger partial charge in [0.25, 0.3) is 0 Å². The number of pyridine rings is 2. The Bertz CT molecular complexity index is 8810. The summed E-state index contributed by atoms with van der Waals surface area (Å²) in [4.78, 5) is 32.1. The van der Waals surface area contributed by atoms with Gasteiger partial charge in [0.1, 0.15) is 5.82 Å². The molecule has 0 aliphatic heterocycles. The van der Waals surface area contributed by atoms with Crippen LogP contribution in [-0.2, 0) is 5.41 Å². The second kappa shape index (κ2) is 30.6. The van der Waals surface area contributed by atoms with E-state index in [1.165, 1.54) is 54.6 Å². The van der Waals surface area contributed by atoms with E-state index in [0.717, 1.165) is 183 Å². The summed E-state index contributed by atoms with van der Waals surface area (Å²) in [5, 5.41) is 14.0. The molecule has 0 unspecified atom stereocenters. The third kappa shape index (κ3) is 12.4. The van der Waals surface area contributed by atoms with Crippen molar-refractivity contribution in [2.45, 2.75) is 19.3 Å². The highest BCUT2D eigenvalue weighted by atomic mass is 15.1. The topological polar surface area (TPSA) is 92.1 Å². The van der Waals surface area contributed by atoms with Gasteiger partial charge in [-0.1, -0.05) is 366 Å². The molecular weight excluding hydrogens is 1580 g/mol. The molecule has 18 aromatic carbocycles. The van der Waals surface area contributed by atoms with Gasteiger partial charge in [-0.15, -0.1) is 0 Å². The van der Waals surface area contributed by atoms with Crippen LogP contribution < -0.4 is 0 Å². The van der Waals surface area contributed by atoms with Gasteiger partial charge in [-0.2, -0.15) is 0 Å². The van der Waals surface area contributed by atoms with Crippen LogP contribution in [0.15, 0.2) is 443 Å². The van der Waals surface area contributed by atoms with E-state index in [1.54, 1.807) is 0 Å². The first-order valence-electron chi connectivity index (χ1n) is 44.4. The van der Waals surface area contributed by atoms with Crippen LogP contribution >= 0.6 is 0 Å². The van der Waals surface area contributed by atoms with E-state index in [-0.39, 0.29) is 5.41 Å². The summed E-state index contributed by atoms with van der Waals surface area (Å²) in [6, 6.07) is 158. The maximum absolute atomic E-state index is 5.41. The van der Waals surface area contributed by atoms with Crippen molar-refractivity contribution in [3.05, 3.63) is 454 Å². The molecule has 0 N–H and O–H groups in total. The molecule has 0 atom stereocenters. The van der Waals surface area contributed by atoms with Crippen LogP contribution in [0.3, 0.4) is 0 Å². The van der Waals surface area contributed by atoms with Gasteiger partial charge in [0.15, 0.2) is 11.6 Å². The van der Waals surface area contributed by atoms with Crippen molar-refractivity contribution < 1.29 is 0 Å². The lowest BCUT2D eigenvalue weighted by Crippen LogP contribution is -2.14. The first-order chi connectivity index (χ1) is 64.3. The molecule has 0 spiro atoms. The Balaban J connectivity index is 0.000000140. The lowest BCUT2D eigenvalue weighted by Gasteiger charge is -2.21. The minimum absolute atomic E-state index is 0.0682. The van der Waals surface area contributed by atoms with Crippen LogP contribution in [0.2, 0.25) is 0 Å². The summed E-state index contributed by atoms with van der Waals surface area (Å²) < 4.78 is 7.06. The second-order valence-electron chi connectivity index (χ2n) is 34.3. The van der Waals surface area contributed by atoms with Crippen LogP contribution in [-0.4, -0.2) is 43.6 Å². The number of aromatic nitrogens is 9. The number of fused-ring (bicyclic) bond motifs is 18. The molecule has 1 aliphatic rings. The largest absolute Gasteiger partial charge is 0.307 e. The summed E-state index contributed by atoms with van der Waals surface area (Å²) in [5.41, 5.74) is 32.6. The molecule has 608 valence electrons. The van der Waals surface area contributed by atoms with E-state index in [1.807, 2.05) is 6.07 Å². The van der Waals surface area contributed by atoms with Crippen LogP contribution in [0.4, 0.5) is 0 Å². The molecular formula is C121H79N9. The van der Waals surface area contributed by atoms with Crippen molar-refractivity contribution >= 4 is 109 Å². The van der Waals surface area contributed by atoms with Gasteiger partial charge in [-0.3, -0.25) is 4.57 Å². The van der Waals surface area contributed by atoms with Gasteiger partial charge < -0.3 is 9.13 Å². The van der Waals surface area contributed by atoms with Gasteiger partial charge >= 0.3 is 0 Å². The fraction of sp³-hybridized carbons (Fsp3) is 0.0248. The van der Waals surface area contributed by atoms with Crippen molar-refractivity contribution in [3.63, 3.8) is 0 Å². The quantitative estimate of drug-likeness (QED) is 0.121. The highest BCUT2D eigenvalue weighted by molar-refractivity contribution is 6.25. The van der Waals surface area contributed by atoms with Crippen molar-refractivity contribution in [1.29, 1.82) is 0 Å². The number of nitrogens with zero attached hydrogens (tertiary/aromatic N) is 9. The Morgan fingerprint density at radius 2 is 0.531 bits per heavy atom. The average molecular weight is 1660 g/mol. The van der Waals surface area contributed by atoms with Gasteiger partial charge in [-0.05, 0) is 151 Å². The maximum Gasteiger partial charge on any atom is 0.162 e. The molecule has 7 aromatic heterocycles. The number of para-hydroxylation sites is 6. The summed E-state index contributed by atoms with van der Waals surface area (Å²) in [7, 11) is 0. The SMILES string of the molecule is CC1(C)c2ccccc2-c2cc(-c3cc(-c4ccccc4)nc(-c4ccc(-c5ccc(-n6c7ccccc7c7c8ccccc8nc(-c8ccccc8)c76)cc5)c5ccccc45)n3)ccc21.c1ccc(-c2cc(-n3c4ccccc4c4ccccc43)nc(-c3ccc(-c4ccc(-n5c6ccccc6c6c7ccccc7nc(-c7ccccc7)c65)cc4)c4ccccc34)n2)cc1. The number of hydrogen-bond donors (Lipinski definition) is 0. The van der Waals surface area contributed by atoms with Crippen molar-refractivity contribution in [1.82, 2.24) is 43.6 Å². The lowest BCUT2D eigenvalue weighted by molar-refractivity contribution is 0.660. The molecule has 1 aliphatic carbocycles. The van der Waals surface area contributed by atoms with E-state index in [0.29, 0.717) is 11.6 Å². The fourth-order valence-electron chi connectivity index (χ4n) is 20.5. The van der Waals surface area contributed by atoms with E-state index in [4.69, 9.17) is 29.9 Å². The van der Waals surface area contributed by atoms with Gasteiger partial charge in [0, 0.05) is 105 Å². The summed E-state index contributed by atoms with van der Waals surface area (Å²) in [6.07, 6.45) is 0. The molecule has 9 nitrogen and oxygen atoms in total. The Morgan fingerprint density at radius 1 is 0.200 bits per heavy atom. The molecule has 0 saturated heterocycles. The van der Waals surface area contributed by atoms with Crippen molar-refractivity contribution in [2.75, 3.05) is 0 Å². The molecule has 0 saturated carbocycles. The fourth-order valence-corrected chi connectivity index (χ4v) is 20.5. The number of hydrogen-bond acceptors (Lipinski definition) is 6. The van der Waals surface area contributed by atoms with Crippen molar-refractivity contribution in [2.24, 2.45) is 0 Å². The van der Waals surface area contributed by atoms with E-state index < -0.39 is 0 Å². The standard InChI is InChI=1S/C62H42N4.C59H37N5/c1-62(2)52-26-14-11-23-47(52)51-37-42(31-36-53(51)62)56-38-55(40-17-5-3-6-18-40)64-61(65-56)48-35-34-44(45-21-9-10-22-46(45)48)39-29-32-43(33-30-39)66-57-28-16-13-25-50(57)58-49-24-12-15-27-54(49)63-59(60(58)66)41-19-7-4-8-20-41;1-3-17-39(18-4-1)51-37-55(64-52-28-14-10-23-45(52)46-24-11-15-29-53(46)64)62-59(61-51)47-36-35-42(43-21-7-8-22-44(43)47)38-31-33-41(34-32-38)63-54-30-16-12-26-49(54)56-48-25-9-13-27-50(48)60-57(58(56)63)40-19-5-2-6-20-40/h3-38H,1-2H3;1-37H. The molecule has 26 rings (SSSR count). The zero-order valence-corrected chi connectivity index (χ0v) is 71.2. The zero-order valence-electron chi connectivity index (χ0n) is 71.2. The van der Waals surface area contributed by atoms with E-state index >= 15 is 0 Å². The number of rotatable bonds is 12. The summed E-state index contributed by atoms with van der Waals surface area (Å²) in [5.74, 6) is 2.21. The Hall–Kier alpha value is -17.1. The normalized spacial score (nSPS) is 12.3. The van der Waals surface area contributed by atoms with Gasteiger partial charge in [0.05, 0.1) is 72.6 Å². The van der Waals surface area contributed by atoms with Gasteiger partial charge in [-0.25, -0.2) is 29.9 Å². The lowest BCUT2D eigenvalue weighted by atomic mass is 9.82. The summed E-state index contributed by atoms with van der Waals surface area (Å²) >= 11 is 0. The van der Waals surface area contributed by atoms with Gasteiger partial charge in [0.2, 0.25) is 0 Å². The third-order valence-electron chi connectivity index (χ3n) is 26.6. The monoisotopic (exact) mass is 1660 g/mol. The molecule has 0 bridgehead atoms. The second-order valence-corrected chi connectivity index (χ2v) is 34.3. The number of benzene rings is 18. The third-order valence-corrected chi connectivity index (χ3v) is 26.6. The Kier molecular flexibility index (Phi) is 17.8. The molecule has 9 heteroatoms. The highest BCUT2D eigenvalue weighted by Gasteiger charge is 2.36. The molecule has 0 fully saturated rings. The Morgan fingerprint density at radius 3 is 0.992 bits per heavy atom. The molecule has 0 amide bonds. The van der Waals surface area contributed by atoms with E-state index in [9.17, 15) is 0 Å². The first-order valence-corrected chi connectivity index (χ1v) is 44.4. The zero-order chi connectivity index (χ0) is 86.1. The molecule has 0 radical (unpaired) electrons. The molecule has 7 heterocycles. The van der Waals surface area contributed by atoms with Crippen LogP contribution in [0.25, 0.3) is 238 Å². The van der Waals surface area contributed by atoms with Crippen LogP contribution in [0.5, 0.6) is 0 Å². The smallest absolute Gasteiger partial charge is 0.162 e. The molecule has 130 heavy (non-hydrogen) atoms. The average Bonchev–Trinajstić information content (AvgIpc) is 1.55. The minimum Gasteiger partial charge on any atom is -0.307 e. The predicted octanol–water partition coefficient (Wildman–Crippen LogP) is 31.0. The maximum atomic E-state index is 5.41. The highest BCUT2D eigenvalue weighted by Crippen LogP contribution is 2.51. The summed E-state index contributed by atoms with van der Waals surface area (Å²) in [6.45, 7) is 4.65. The van der Waals surface area contributed by atoms with Crippen LogP contribution in [0.1, 0.15) is 25.0 Å². The Labute approximate surface area is 750 Å². The first kappa shape index (κ1) is 75.4. The molecule has 25 aromatic rings.